The molecule has 1 unspecified atom stereocenters. The third kappa shape index (κ3) is 6.75. The van der Waals surface area contributed by atoms with Crippen LogP contribution in [0.5, 0.6) is 17.2 Å². The molecular formula is C36H30ClN3O6S2. The average molecular weight is 700 g/mol. The first-order valence-corrected chi connectivity index (χ1v) is 17.0. The minimum atomic E-state index is -1.03. The molecule has 6 rings (SSSR count). The highest BCUT2D eigenvalue weighted by Gasteiger charge is 2.48. The van der Waals surface area contributed by atoms with Crippen LogP contribution in [0, 0.1) is 6.92 Å². The number of carbonyl (C=O) groups is 2. The SMILES string of the molecule is COc1ccc(C2C(=C(O)c3ccc(OCc4ccccc4C)cc3)C(=O)C(=O)N2c2nnc(SCc3ccccc3Cl)s2)cc1OC. The van der Waals surface area contributed by atoms with Crippen LogP contribution in [0.15, 0.2) is 101 Å². The largest absolute Gasteiger partial charge is 0.507 e. The highest BCUT2D eigenvalue weighted by Crippen LogP contribution is 2.45. The summed E-state index contributed by atoms with van der Waals surface area (Å²) in [4.78, 5) is 28.7. The summed E-state index contributed by atoms with van der Waals surface area (Å²) >= 11 is 8.91. The van der Waals surface area contributed by atoms with Crippen LogP contribution in [0.1, 0.15) is 33.9 Å². The Bertz CT molecular complexity index is 2010. The van der Waals surface area contributed by atoms with Gasteiger partial charge in [0, 0.05) is 16.3 Å². The van der Waals surface area contributed by atoms with Crippen LogP contribution < -0.4 is 19.1 Å². The predicted molar refractivity (Wildman–Crippen MR) is 187 cm³/mol. The maximum Gasteiger partial charge on any atom is 0.301 e. The first kappa shape index (κ1) is 33.1. The molecule has 1 aliphatic heterocycles. The van der Waals surface area contributed by atoms with Crippen LogP contribution in [0.4, 0.5) is 5.13 Å². The van der Waals surface area contributed by atoms with Crippen LogP contribution in [-0.4, -0.2) is 41.2 Å². The van der Waals surface area contributed by atoms with Gasteiger partial charge in [-0.25, -0.2) is 0 Å². The molecule has 1 amide bonds. The standard InChI is InChI=1S/C36H30ClN3O6S2/c1-21-8-4-5-9-24(21)19-46-26-15-12-22(13-16-26)32(41)30-31(23-14-17-28(44-2)29(18-23)45-3)40(34(43)33(30)42)35-38-39-36(48-35)47-20-25-10-6-7-11-27(25)37/h4-18,31,41H,19-20H2,1-3H3. The van der Waals surface area contributed by atoms with Gasteiger partial charge in [0.05, 0.1) is 25.8 Å². The number of ether oxygens (including phenoxy) is 3. The van der Waals surface area contributed by atoms with Gasteiger partial charge in [0.2, 0.25) is 5.13 Å². The van der Waals surface area contributed by atoms with Gasteiger partial charge in [-0.15, -0.1) is 10.2 Å². The first-order chi connectivity index (χ1) is 23.3. The lowest BCUT2D eigenvalue weighted by molar-refractivity contribution is -0.132. The number of amides is 1. The van der Waals surface area contributed by atoms with Crippen LogP contribution in [0.25, 0.3) is 5.76 Å². The maximum atomic E-state index is 13.7. The van der Waals surface area contributed by atoms with E-state index >= 15 is 0 Å². The van der Waals surface area contributed by atoms with Crippen molar-refractivity contribution in [1.29, 1.82) is 0 Å². The molecule has 1 saturated heterocycles. The molecule has 9 nitrogen and oxygen atoms in total. The summed E-state index contributed by atoms with van der Waals surface area (Å²) in [6, 6.07) is 26.2. The van der Waals surface area contributed by atoms with Crippen molar-refractivity contribution >= 4 is 57.3 Å². The number of halogens is 1. The van der Waals surface area contributed by atoms with E-state index in [1.54, 1.807) is 42.5 Å². The van der Waals surface area contributed by atoms with E-state index in [0.717, 1.165) is 16.7 Å². The third-order valence-corrected chi connectivity index (χ3v) is 10.3. The second kappa shape index (κ2) is 14.5. The smallest absolute Gasteiger partial charge is 0.301 e. The number of hydrogen-bond acceptors (Lipinski definition) is 10. The molecule has 5 aromatic rings. The van der Waals surface area contributed by atoms with Crippen molar-refractivity contribution in [3.63, 3.8) is 0 Å². The molecule has 0 saturated carbocycles. The number of hydrogen-bond donors (Lipinski definition) is 1. The maximum absolute atomic E-state index is 13.7. The van der Waals surface area contributed by atoms with E-state index in [0.29, 0.717) is 50.1 Å². The van der Waals surface area contributed by atoms with E-state index < -0.39 is 17.7 Å². The molecule has 48 heavy (non-hydrogen) atoms. The highest BCUT2D eigenvalue weighted by atomic mass is 35.5. The zero-order valence-corrected chi connectivity index (χ0v) is 28.6. The molecule has 0 aliphatic carbocycles. The lowest BCUT2D eigenvalue weighted by Gasteiger charge is -2.23. The number of thioether (sulfide) groups is 1. The molecule has 4 aromatic carbocycles. The molecule has 0 spiro atoms. The number of aliphatic hydroxyl groups is 1. The molecule has 1 aliphatic rings. The molecule has 0 radical (unpaired) electrons. The summed E-state index contributed by atoms with van der Waals surface area (Å²) in [6.07, 6.45) is 0. The topological polar surface area (TPSA) is 111 Å². The lowest BCUT2D eigenvalue weighted by atomic mass is 9.95. The normalized spacial score (nSPS) is 15.5. The average Bonchev–Trinajstić information content (AvgIpc) is 3.68. The number of aliphatic hydroxyl groups excluding tert-OH is 1. The minimum absolute atomic E-state index is 0.0960. The van der Waals surface area contributed by atoms with Gasteiger partial charge in [-0.2, -0.15) is 0 Å². The van der Waals surface area contributed by atoms with E-state index in [2.05, 4.69) is 10.2 Å². The number of rotatable bonds is 11. The van der Waals surface area contributed by atoms with E-state index in [1.165, 1.54) is 42.2 Å². The number of anilines is 1. The number of carbonyl (C=O) groups excluding carboxylic acids is 2. The Hall–Kier alpha value is -4.84. The molecule has 1 N–H and O–H groups in total. The lowest BCUT2D eigenvalue weighted by Crippen LogP contribution is -2.29. The number of benzene rings is 4. The zero-order valence-electron chi connectivity index (χ0n) is 26.2. The summed E-state index contributed by atoms with van der Waals surface area (Å²) in [5.41, 5.74) is 3.86. The van der Waals surface area contributed by atoms with Crippen molar-refractivity contribution in [2.45, 2.75) is 29.7 Å². The molecule has 12 heteroatoms. The number of nitrogens with zero attached hydrogens (tertiary/aromatic N) is 3. The molecule has 0 bridgehead atoms. The molecule has 244 valence electrons. The van der Waals surface area contributed by atoms with Gasteiger partial charge in [0.1, 0.15) is 18.1 Å². The van der Waals surface area contributed by atoms with Crippen LogP contribution in [0.3, 0.4) is 0 Å². The van der Waals surface area contributed by atoms with Gasteiger partial charge in [-0.1, -0.05) is 83.2 Å². The van der Waals surface area contributed by atoms with E-state index in [1.807, 2.05) is 55.5 Å². The van der Waals surface area contributed by atoms with Gasteiger partial charge in [0.25, 0.3) is 5.78 Å². The van der Waals surface area contributed by atoms with E-state index in [-0.39, 0.29) is 16.5 Å². The summed E-state index contributed by atoms with van der Waals surface area (Å²) in [5, 5.41) is 21.1. The van der Waals surface area contributed by atoms with Gasteiger partial charge < -0.3 is 19.3 Å². The van der Waals surface area contributed by atoms with Crippen molar-refractivity contribution in [2.24, 2.45) is 0 Å². The Morgan fingerprint density at radius 3 is 2.33 bits per heavy atom. The number of aryl methyl sites for hydroxylation is 1. The van der Waals surface area contributed by atoms with Gasteiger partial charge in [-0.05, 0) is 71.6 Å². The second-order valence-electron chi connectivity index (χ2n) is 10.8. The van der Waals surface area contributed by atoms with Crippen molar-refractivity contribution < 1.29 is 28.9 Å². The predicted octanol–water partition coefficient (Wildman–Crippen LogP) is 8.01. The van der Waals surface area contributed by atoms with Gasteiger partial charge in [-0.3, -0.25) is 14.5 Å². The van der Waals surface area contributed by atoms with Crippen LogP contribution >= 0.6 is 34.7 Å². The summed E-state index contributed by atoms with van der Waals surface area (Å²) < 4.78 is 17.5. The summed E-state index contributed by atoms with van der Waals surface area (Å²) in [5.74, 6) is -0.0448. The number of methoxy groups -OCH3 is 2. The fourth-order valence-corrected chi connectivity index (χ4v) is 7.43. The Morgan fingerprint density at radius 2 is 1.62 bits per heavy atom. The Kier molecular flexibility index (Phi) is 10.00. The highest BCUT2D eigenvalue weighted by molar-refractivity contribution is 8.00. The summed E-state index contributed by atoms with van der Waals surface area (Å²) in [6.45, 7) is 2.40. The Morgan fingerprint density at radius 1 is 0.917 bits per heavy atom. The van der Waals surface area contributed by atoms with Crippen molar-refractivity contribution in [2.75, 3.05) is 19.1 Å². The van der Waals surface area contributed by atoms with Crippen LogP contribution in [0.2, 0.25) is 5.02 Å². The fourth-order valence-electron chi connectivity index (χ4n) is 5.28. The van der Waals surface area contributed by atoms with Crippen molar-refractivity contribution in [3.8, 4) is 17.2 Å². The molecule has 2 heterocycles. The molecule has 1 aromatic heterocycles. The minimum Gasteiger partial charge on any atom is -0.507 e. The number of ketones is 1. The van der Waals surface area contributed by atoms with Crippen LogP contribution in [-0.2, 0) is 21.9 Å². The van der Waals surface area contributed by atoms with Crippen molar-refractivity contribution in [1.82, 2.24) is 10.2 Å². The third-order valence-electron chi connectivity index (χ3n) is 7.86. The Balaban J connectivity index is 1.34. The van der Waals surface area contributed by atoms with E-state index in [9.17, 15) is 14.7 Å². The zero-order chi connectivity index (χ0) is 33.8. The molecular weight excluding hydrogens is 670 g/mol. The first-order valence-electron chi connectivity index (χ1n) is 14.8. The summed E-state index contributed by atoms with van der Waals surface area (Å²) in [7, 11) is 3.01. The van der Waals surface area contributed by atoms with Gasteiger partial charge >= 0.3 is 5.91 Å². The van der Waals surface area contributed by atoms with Gasteiger partial charge in [0.15, 0.2) is 15.8 Å². The number of Topliss-reactive ketones (excluding diaryl/α,β-unsaturated/α-hetero) is 1. The molecule has 1 atom stereocenters. The number of aromatic nitrogens is 2. The fraction of sp³-hybridized carbons (Fsp3) is 0.167. The monoisotopic (exact) mass is 699 g/mol. The molecule has 1 fully saturated rings. The second-order valence-corrected chi connectivity index (χ2v) is 13.3. The van der Waals surface area contributed by atoms with E-state index in [4.69, 9.17) is 25.8 Å². The Labute approximate surface area is 290 Å². The quantitative estimate of drug-likeness (QED) is 0.0482. The van der Waals surface area contributed by atoms with Crippen molar-refractivity contribution in [3.05, 3.63) is 129 Å².